The second-order valence-corrected chi connectivity index (χ2v) is 9.07. The van der Waals surface area contributed by atoms with E-state index >= 15 is 0 Å². The fraction of sp³-hybridized carbons (Fsp3) is 0.444. The molecule has 0 saturated carbocycles. The molecule has 1 aromatic carbocycles. The Hall–Kier alpha value is -1.55. The van der Waals surface area contributed by atoms with Crippen LogP contribution in [-0.2, 0) is 16.3 Å². The highest BCUT2D eigenvalue weighted by Crippen LogP contribution is 2.52. The molecule has 0 saturated heterocycles. The first-order valence-electron chi connectivity index (χ1n) is 7.79. The van der Waals surface area contributed by atoms with E-state index in [9.17, 15) is 8.42 Å². The van der Waals surface area contributed by atoms with Crippen molar-refractivity contribution in [3.8, 4) is 5.75 Å². The van der Waals surface area contributed by atoms with Gasteiger partial charge in [-0.1, -0.05) is 12.1 Å². The van der Waals surface area contributed by atoms with E-state index in [4.69, 9.17) is 4.74 Å². The van der Waals surface area contributed by atoms with Crippen LogP contribution in [0, 0.1) is 0 Å². The molecule has 4 rings (SSSR count). The molecule has 0 spiro atoms. The number of methoxy groups -OCH3 is 1. The Balaban J connectivity index is 1.87. The van der Waals surface area contributed by atoms with Crippen molar-refractivity contribution in [3.05, 3.63) is 46.5 Å². The Kier molecular flexibility index (Phi) is 2.86. The fourth-order valence-electron chi connectivity index (χ4n) is 4.21. The zero-order valence-corrected chi connectivity index (χ0v) is 13.8. The molecule has 3 aliphatic rings. The van der Waals surface area contributed by atoms with Crippen LogP contribution in [0.15, 0.2) is 35.4 Å². The zero-order valence-electron chi connectivity index (χ0n) is 13.0. The molecule has 0 aromatic heterocycles. The summed E-state index contributed by atoms with van der Waals surface area (Å²) in [6, 6.07) is 6.25. The van der Waals surface area contributed by atoms with Crippen LogP contribution in [0.25, 0.3) is 5.57 Å². The molecule has 0 amide bonds. The average Bonchev–Trinajstić information content (AvgIpc) is 2.76. The lowest BCUT2D eigenvalue weighted by Gasteiger charge is -2.37. The lowest BCUT2D eigenvalue weighted by molar-refractivity contribution is 0.414. The number of aryl methyl sites for hydroxylation is 1. The maximum absolute atomic E-state index is 12.4. The summed E-state index contributed by atoms with van der Waals surface area (Å²) in [4.78, 5) is 0. The van der Waals surface area contributed by atoms with Gasteiger partial charge in [-0.05, 0) is 72.6 Å². The monoisotopic (exact) mass is 316 g/mol. The van der Waals surface area contributed by atoms with Crippen molar-refractivity contribution in [3.63, 3.8) is 0 Å². The van der Waals surface area contributed by atoms with Gasteiger partial charge in [-0.15, -0.1) is 0 Å². The predicted octanol–water partition coefficient (Wildman–Crippen LogP) is 3.30. The minimum atomic E-state index is -3.03. The van der Waals surface area contributed by atoms with Crippen LogP contribution >= 0.6 is 0 Å². The van der Waals surface area contributed by atoms with Crippen molar-refractivity contribution in [2.75, 3.05) is 12.9 Å². The number of sulfone groups is 1. The highest BCUT2D eigenvalue weighted by Gasteiger charge is 2.49. The minimum absolute atomic E-state index is 0.199. The Labute approximate surface area is 131 Å². The molecule has 0 radical (unpaired) electrons. The largest absolute Gasteiger partial charge is 0.497 e. The predicted molar refractivity (Wildman–Crippen MR) is 87.7 cm³/mol. The van der Waals surface area contributed by atoms with Crippen LogP contribution in [0.3, 0.4) is 0 Å². The van der Waals surface area contributed by atoms with Crippen molar-refractivity contribution < 1.29 is 13.2 Å². The van der Waals surface area contributed by atoms with Gasteiger partial charge in [0.25, 0.3) is 0 Å². The van der Waals surface area contributed by atoms with E-state index < -0.39 is 14.6 Å². The first-order chi connectivity index (χ1) is 10.5. The van der Waals surface area contributed by atoms with Crippen molar-refractivity contribution in [1.29, 1.82) is 0 Å². The molecular weight excluding hydrogens is 296 g/mol. The van der Waals surface area contributed by atoms with Crippen LogP contribution in [0.4, 0.5) is 0 Å². The number of benzene rings is 1. The number of hydrogen-bond donors (Lipinski definition) is 0. The minimum Gasteiger partial charge on any atom is -0.497 e. The quantitative estimate of drug-likeness (QED) is 0.798. The first kappa shape index (κ1) is 14.1. The molecular formula is C18H20O3S. The van der Waals surface area contributed by atoms with Gasteiger partial charge >= 0.3 is 0 Å². The van der Waals surface area contributed by atoms with Gasteiger partial charge in [0.1, 0.15) is 5.75 Å². The van der Waals surface area contributed by atoms with E-state index in [-0.39, 0.29) is 5.75 Å². The Morgan fingerprint density at radius 2 is 1.95 bits per heavy atom. The standard InChI is InChI=1S/C18H20O3S/c1-18-9-7-15-14-6-4-13(21-2)11-12(14)3-5-16(15)17(18)8-10-22(18,19)20/h4,6,8,11H,3,5,7,9-10H2,1-2H3. The third-order valence-corrected chi connectivity index (χ3v) is 7.99. The molecule has 4 heteroatoms. The van der Waals surface area contributed by atoms with Gasteiger partial charge in [-0.25, -0.2) is 8.42 Å². The Morgan fingerprint density at radius 1 is 1.14 bits per heavy atom. The maximum Gasteiger partial charge on any atom is 0.163 e. The van der Waals surface area contributed by atoms with Gasteiger partial charge in [-0.2, -0.15) is 0 Å². The normalized spacial score (nSPS) is 28.5. The molecule has 3 nitrogen and oxygen atoms in total. The number of fused-ring (bicyclic) bond motifs is 4. The summed E-state index contributed by atoms with van der Waals surface area (Å²) in [6.45, 7) is 1.91. The zero-order chi connectivity index (χ0) is 15.5. The Morgan fingerprint density at radius 3 is 2.73 bits per heavy atom. The van der Waals surface area contributed by atoms with Crippen molar-refractivity contribution in [2.24, 2.45) is 0 Å². The van der Waals surface area contributed by atoms with Crippen LogP contribution in [0.5, 0.6) is 5.75 Å². The highest BCUT2D eigenvalue weighted by atomic mass is 32.2. The second-order valence-electron chi connectivity index (χ2n) is 6.61. The first-order valence-corrected chi connectivity index (χ1v) is 9.44. The number of rotatable bonds is 1. The smallest absolute Gasteiger partial charge is 0.163 e. The van der Waals surface area contributed by atoms with Gasteiger partial charge < -0.3 is 4.74 Å². The molecule has 1 aliphatic heterocycles. The molecule has 22 heavy (non-hydrogen) atoms. The van der Waals surface area contributed by atoms with Crippen LogP contribution in [0.2, 0.25) is 0 Å². The van der Waals surface area contributed by atoms with Crippen molar-refractivity contribution in [2.45, 2.75) is 37.4 Å². The molecule has 116 valence electrons. The maximum atomic E-state index is 12.4. The molecule has 1 unspecified atom stereocenters. The molecule has 0 bridgehead atoms. The molecule has 0 fully saturated rings. The summed E-state index contributed by atoms with van der Waals surface area (Å²) in [5.74, 6) is 1.09. The van der Waals surface area contributed by atoms with Gasteiger partial charge in [-0.3, -0.25) is 0 Å². The van der Waals surface area contributed by atoms with Gasteiger partial charge in [0.05, 0.1) is 17.6 Å². The van der Waals surface area contributed by atoms with E-state index in [2.05, 4.69) is 12.1 Å². The SMILES string of the molecule is COc1ccc2c(c1)CCC1=C2CCC2(C)C1=CCS2(=O)=O. The van der Waals surface area contributed by atoms with Gasteiger partial charge in [0.2, 0.25) is 0 Å². The van der Waals surface area contributed by atoms with Crippen molar-refractivity contribution >= 4 is 15.4 Å². The topological polar surface area (TPSA) is 43.4 Å². The summed E-state index contributed by atoms with van der Waals surface area (Å²) < 4.78 is 29.5. The summed E-state index contributed by atoms with van der Waals surface area (Å²) >= 11 is 0. The van der Waals surface area contributed by atoms with E-state index in [1.165, 1.54) is 22.3 Å². The number of hydrogen-bond acceptors (Lipinski definition) is 3. The summed E-state index contributed by atoms with van der Waals surface area (Å²) in [7, 11) is -1.34. The molecule has 1 atom stereocenters. The number of ether oxygens (including phenoxy) is 1. The van der Waals surface area contributed by atoms with Crippen LogP contribution in [-0.4, -0.2) is 26.0 Å². The summed E-state index contributed by atoms with van der Waals surface area (Å²) in [5, 5.41) is 0. The lowest BCUT2D eigenvalue weighted by atomic mass is 9.72. The van der Waals surface area contributed by atoms with E-state index in [0.717, 1.165) is 30.6 Å². The van der Waals surface area contributed by atoms with Gasteiger partial charge in [0, 0.05) is 0 Å². The van der Waals surface area contributed by atoms with Crippen LogP contribution < -0.4 is 4.74 Å². The van der Waals surface area contributed by atoms with Crippen LogP contribution in [0.1, 0.15) is 37.3 Å². The third-order valence-electron chi connectivity index (χ3n) is 5.59. The third kappa shape index (κ3) is 1.70. The average molecular weight is 316 g/mol. The van der Waals surface area contributed by atoms with Gasteiger partial charge in [0.15, 0.2) is 9.84 Å². The summed E-state index contributed by atoms with van der Waals surface area (Å²) in [6.07, 6.45) is 5.40. The Bertz CT molecular complexity index is 830. The van der Waals surface area contributed by atoms with E-state index in [1.807, 2.05) is 19.1 Å². The number of allylic oxidation sites excluding steroid dienone is 2. The molecule has 2 aliphatic carbocycles. The lowest BCUT2D eigenvalue weighted by Crippen LogP contribution is -2.38. The summed E-state index contributed by atoms with van der Waals surface area (Å²) in [5.41, 5.74) is 6.32. The fourth-order valence-corrected chi connectivity index (χ4v) is 5.92. The second kappa shape index (κ2) is 4.48. The molecule has 1 aromatic rings. The highest BCUT2D eigenvalue weighted by molar-refractivity contribution is 7.93. The van der Waals surface area contributed by atoms with Crippen molar-refractivity contribution in [1.82, 2.24) is 0 Å². The van der Waals surface area contributed by atoms with E-state index in [0.29, 0.717) is 6.42 Å². The molecule has 0 N–H and O–H groups in total. The van der Waals surface area contributed by atoms with E-state index in [1.54, 1.807) is 7.11 Å². The molecule has 1 heterocycles.